The van der Waals surface area contributed by atoms with Gasteiger partial charge in [-0.1, -0.05) is 0 Å². The van der Waals surface area contributed by atoms with Gasteiger partial charge in [0.2, 0.25) is 0 Å². The van der Waals surface area contributed by atoms with Crippen LogP contribution >= 0.6 is 15.9 Å². The lowest BCUT2D eigenvalue weighted by molar-refractivity contribution is 0.252. The van der Waals surface area contributed by atoms with Crippen molar-refractivity contribution in [3.05, 3.63) is 77.0 Å². The summed E-state index contributed by atoms with van der Waals surface area (Å²) in [6.07, 6.45) is 4.95. The number of halogens is 1. The standard InChI is InChI=1S/C21H16BrN5O3/c22-18-11-15(28)4-1-13(18)12-25-27-21(29)26-14-2-5-16(6-3-14)30-19-8-10-24-20-17(19)7-9-23-20/h1-12,28H,(H,23,24)(H2,26,27,29)/b25-12+. The number of H-pyrrole nitrogens is 1. The third-order valence-corrected chi connectivity index (χ3v) is 4.80. The predicted octanol–water partition coefficient (Wildman–Crippen LogP) is 4.98. The number of aromatic nitrogens is 2. The predicted molar refractivity (Wildman–Crippen MR) is 118 cm³/mol. The van der Waals surface area contributed by atoms with Gasteiger partial charge in [-0.25, -0.2) is 15.2 Å². The maximum Gasteiger partial charge on any atom is 0.339 e. The molecule has 8 nitrogen and oxygen atoms in total. The Morgan fingerprint density at radius 2 is 2.00 bits per heavy atom. The molecule has 0 bridgehead atoms. The fourth-order valence-corrected chi connectivity index (χ4v) is 3.17. The molecule has 4 N–H and O–H groups in total. The fourth-order valence-electron chi connectivity index (χ4n) is 2.70. The topological polar surface area (TPSA) is 112 Å². The lowest BCUT2D eigenvalue weighted by Gasteiger charge is -2.08. The van der Waals surface area contributed by atoms with Crippen molar-refractivity contribution in [2.24, 2.45) is 5.10 Å². The minimum atomic E-state index is -0.488. The maximum absolute atomic E-state index is 12.0. The van der Waals surface area contributed by atoms with Gasteiger partial charge in [-0.15, -0.1) is 0 Å². The number of benzene rings is 2. The number of phenolic OH excluding ortho intramolecular Hbond substituents is 1. The molecule has 0 saturated carbocycles. The molecule has 0 aliphatic carbocycles. The van der Waals surface area contributed by atoms with E-state index in [2.05, 4.69) is 41.7 Å². The van der Waals surface area contributed by atoms with Gasteiger partial charge in [0.25, 0.3) is 0 Å². The van der Waals surface area contributed by atoms with Crippen LogP contribution in [0.15, 0.2) is 76.6 Å². The molecule has 2 amide bonds. The fraction of sp³-hybridized carbons (Fsp3) is 0. The number of nitrogens with one attached hydrogen (secondary N) is 3. The molecule has 0 radical (unpaired) electrons. The van der Waals surface area contributed by atoms with Crippen molar-refractivity contribution in [1.29, 1.82) is 0 Å². The number of hydrogen-bond acceptors (Lipinski definition) is 5. The number of anilines is 1. The van der Waals surface area contributed by atoms with E-state index in [-0.39, 0.29) is 5.75 Å². The molecule has 2 heterocycles. The van der Waals surface area contributed by atoms with Gasteiger partial charge in [-0.3, -0.25) is 0 Å². The van der Waals surface area contributed by atoms with Gasteiger partial charge in [0.15, 0.2) is 0 Å². The molecule has 4 aromatic rings. The van der Waals surface area contributed by atoms with Crippen LogP contribution in [0.25, 0.3) is 11.0 Å². The number of fused-ring (bicyclic) bond motifs is 1. The molecule has 150 valence electrons. The number of amides is 2. The largest absolute Gasteiger partial charge is 0.508 e. The Morgan fingerprint density at radius 1 is 1.17 bits per heavy atom. The average molecular weight is 466 g/mol. The van der Waals surface area contributed by atoms with E-state index in [1.54, 1.807) is 48.8 Å². The van der Waals surface area contributed by atoms with Crippen molar-refractivity contribution >= 4 is 44.9 Å². The van der Waals surface area contributed by atoms with Crippen molar-refractivity contribution in [1.82, 2.24) is 15.4 Å². The molecule has 0 aliphatic heterocycles. The van der Waals surface area contributed by atoms with E-state index in [1.807, 2.05) is 6.07 Å². The van der Waals surface area contributed by atoms with Crippen molar-refractivity contribution in [3.63, 3.8) is 0 Å². The quantitative estimate of drug-likeness (QED) is 0.246. The second kappa shape index (κ2) is 8.66. The van der Waals surface area contributed by atoms with E-state index >= 15 is 0 Å². The summed E-state index contributed by atoms with van der Waals surface area (Å²) in [5.74, 6) is 1.46. The molecular weight excluding hydrogens is 450 g/mol. The molecular formula is C21H16BrN5O3. The number of pyridine rings is 1. The molecule has 0 unspecified atom stereocenters. The molecule has 30 heavy (non-hydrogen) atoms. The Labute approximate surface area is 179 Å². The van der Waals surface area contributed by atoms with Crippen LogP contribution in [-0.2, 0) is 0 Å². The second-order valence-electron chi connectivity index (χ2n) is 6.21. The Bertz CT molecular complexity index is 1220. The molecule has 4 rings (SSSR count). The van der Waals surface area contributed by atoms with Crippen LogP contribution in [0.1, 0.15) is 5.56 Å². The zero-order chi connectivity index (χ0) is 20.9. The van der Waals surface area contributed by atoms with Gasteiger partial charge in [-0.05, 0) is 70.5 Å². The first-order valence-corrected chi connectivity index (χ1v) is 9.66. The molecule has 9 heteroatoms. The number of hydrazone groups is 1. The monoisotopic (exact) mass is 465 g/mol. The first-order chi connectivity index (χ1) is 14.6. The van der Waals surface area contributed by atoms with Gasteiger partial charge < -0.3 is 20.1 Å². The molecule has 0 saturated heterocycles. The van der Waals surface area contributed by atoms with Gasteiger partial charge in [-0.2, -0.15) is 5.10 Å². The van der Waals surface area contributed by atoms with Gasteiger partial charge in [0, 0.05) is 28.1 Å². The number of nitrogens with zero attached hydrogens (tertiary/aromatic N) is 2. The number of aromatic hydroxyl groups is 1. The summed E-state index contributed by atoms with van der Waals surface area (Å²) < 4.78 is 6.57. The third kappa shape index (κ3) is 4.58. The number of phenols is 1. The lowest BCUT2D eigenvalue weighted by Crippen LogP contribution is -2.24. The molecule has 0 fully saturated rings. The summed E-state index contributed by atoms with van der Waals surface area (Å²) in [6.45, 7) is 0. The molecule has 0 spiro atoms. The number of rotatable bonds is 5. The number of hydrogen-bond donors (Lipinski definition) is 4. The number of carbonyl (C=O) groups excluding carboxylic acids is 1. The highest BCUT2D eigenvalue weighted by molar-refractivity contribution is 9.10. The van der Waals surface area contributed by atoms with Crippen LogP contribution in [0, 0.1) is 0 Å². The van der Waals surface area contributed by atoms with E-state index in [0.717, 1.165) is 11.0 Å². The van der Waals surface area contributed by atoms with E-state index < -0.39 is 6.03 Å². The summed E-state index contributed by atoms with van der Waals surface area (Å²) in [4.78, 5) is 19.3. The highest BCUT2D eigenvalue weighted by atomic mass is 79.9. The Morgan fingerprint density at radius 3 is 2.80 bits per heavy atom. The zero-order valence-electron chi connectivity index (χ0n) is 15.5. The summed E-state index contributed by atoms with van der Waals surface area (Å²) in [7, 11) is 0. The first-order valence-electron chi connectivity index (χ1n) is 8.87. The van der Waals surface area contributed by atoms with Crippen molar-refractivity contribution in [2.75, 3.05) is 5.32 Å². The van der Waals surface area contributed by atoms with Crippen LogP contribution < -0.4 is 15.5 Å². The van der Waals surface area contributed by atoms with E-state index in [1.165, 1.54) is 18.3 Å². The summed E-state index contributed by atoms with van der Waals surface area (Å²) in [5, 5.41) is 16.8. The lowest BCUT2D eigenvalue weighted by atomic mass is 10.2. The highest BCUT2D eigenvalue weighted by Gasteiger charge is 2.06. The van der Waals surface area contributed by atoms with Crippen molar-refractivity contribution < 1.29 is 14.6 Å². The molecule has 0 aliphatic rings. The van der Waals surface area contributed by atoms with Crippen molar-refractivity contribution in [3.8, 4) is 17.2 Å². The zero-order valence-corrected chi connectivity index (χ0v) is 17.1. The van der Waals surface area contributed by atoms with E-state index in [9.17, 15) is 9.90 Å². The van der Waals surface area contributed by atoms with Gasteiger partial charge >= 0.3 is 6.03 Å². The maximum atomic E-state index is 12.0. The minimum absolute atomic E-state index is 0.138. The Balaban J connectivity index is 1.34. The van der Waals surface area contributed by atoms with Crippen LogP contribution in [-0.4, -0.2) is 27.3 Å². The smallest absolute Gasteiger partial charge is 0.339 e. The second-order valence-corrected chi connectivity index (χ2v) is 7.06. The van der Waals surface area contributed by atoms with Gasteiger partial charge in [0.05, 0.1) is 11.6 Å². The number of ether oxygens (including phenoxy) is 1. The summed E-state index contributed by atoms with van der Waals surface area (Å²) in [5.41, 5.74) is 4.44. The molecule has 2 aromatic carbocycles. The number of urea groups is 1. The van der Waals surface area contributed by atoms with Crippen molar-refractivity contribution in [2.45, 2.75) is 0 Å². The van der Waals surface area contributed by atoms with E-state index in [0.29, 0.717) is 27.2 Å². The Kier molecular flexibility index (Phi) is 5.62. The van der Waals surface area contributed by atoms with Crippen LogP contribution in [0.3, 0.4) is 0 Å². The SMILES string of the molecule is O=C(N/N=C/c1ccc(O)cc1Br)Nc1ccc(Oc2ccnc3[nH]ccc23)cc1. The summed E-state index contributed by atoms with van der Waals surface area (Å²) in [6, 6.07) is 14.9. The Hall–Kier alpha value is -3.85. The number of carbonyl (C=O) groups is 1. The highest BCUT2D eigenvalue weighted by Crippen LogP contribution is 2.28. The number of aromatic amines is 1. The van der Waals surface area contributed by atoms with Crippen LogP contribution in [0.2, 0.25) is 0 Å². The normalized spacial score (nSPS) is 11.0. The van der Waals surface area contributed by atoms with Crippen LogP contribution in [0.4, 0.5) is 10.5 Å². The van der Waals surface area contributed by atoms with E-state index in [4.69, 9.17) is 4.74 Å². The molecule has 0 atom stereocenters. The minimum Gasteiger partial charge on any atom is -0.508 e. The van der Waals surface area contributed by atoms with Gasteiger partial charge in [0.1, 0.15) is 22.9 Å². The summed E-state index contributed by atoms with van der Waals surface area (Å²) >= 11 is 3.31. The molecule has 2 aromatic heterocycles. The third-order valence-electron chi connectivity index (χ3n) is 4.11. The average Bonchev–Trinajstić information content (AvgIpc) is 3.21. The van der Waals surface area contributed by atoms with Crippen LogP contribution in [0.5, 0.6) is 17.2 Å². The first kappa shape index (κ1) is 19.5.